The van der Waals surface area contributed by atoms with Gasteiger partial charge in [-0.3, -0.25) is 4.99 Å². The quantitative estimate of drug-likeness (QED) is 0.382. The first-order valence-corrected chi connectivity index (χ1v) is 8.48. The predicted octanol–water partition coefficient (Wildman–Crippen LogP) is 3.88. The summed E-state index contributed by atoms with van der Waals surface area (Å²) >= 11 is 0. The number of guanidine groups is 1. The van der Waals surface area contributed by atoms with Crippen molar-refractivity contribution in [2.75, 3.05) is 20.1 Å². The fourth-order valence-electron chi connectivity index (χ4n) is 2.48. The second-order valence-corrected chi connectivity index (χ2v) is 6.10. The second-order valence-electron chi connectivity index (χ2n) is 6.10. The first-order chi connectivity index (χ1) is 12.0. The monoisotopic (exact) mass is 471 g/mol. The minimum atomic E-state index is -0.645. The van der Waals surface area contributed by atoms with E-state index in [4.69, 9.17) is 0 Å². The van der Waals surface area contributed by atoms with Gasteiger partial charge in [0.1, 0.15) is 5.82 Å². The average molecular weight is 471 g/mol. The van der Waals surface area contributed by atoms with Crippen molar-refractivity contribution < 1.29 is 9.50 Å². The summed E-state index contributed by atoms with van der Waals surface area (Å²) < 4.78 is 13.0. The lowest BCUT2D eigenvalue weighted by Crippen LogP contribution is -2.38. The Morgan fingerprint density at radius 1 is 1.15 bits per heavy atom. The van der Waals surface area contributed by atoms with Gasteiger partial charge in [-0.25, -0.2) is 4.39 Å². The highest BCUT2D eigenvalue weighted by Gasteiger charge is 2.10. The largest absolute Gasteiger partial charge is 0.386 e. The van der Waals surface area contributed by atoms with Gasteiger partial charge in [-0.2, -0.15) is 0 Å². The minimum absolute atomic E-state index is 0. The smallest absolute Gasteiger partial charge is 0.194 e. The summed E-state index contributed by atoms with van der Waals surface area (Å²) in [5, 5.41) is 13.6. The van der Waals surface area contributed by atoms with E-state index in [0.717, 1.165) is 23.2 Å². The van der Waals surface area contributed by atoms with E-state index in [1.165, 1.54) is 12.1 Å². The molecule has 2 aromatic carbocycles. The first kappa shape index (κ1) is 22.4. The van der Waals surface area contributed by atoms with Gasteiger partial charge >= 0.3 is 0 Å². The number of aryl methyl sites for hydroxylation is 1. The molecule has 4 nitrogen and oxygen atoms in total. The molecule has 0 aliphatic carbocycles. The molecule has 0 heterocycles. The topological polar surface area (TPSA) is 47.9 Å². The third kappa shape index (κ3) is 6.92. The van der Waals surface area contributed by atoms with Crippen molar-refractivity contribution in [3.63, 3.8) is 0 Å². The van der Waals surface area contributed by atoms with Gasteiger partial charge in [0.2, 0.25) is 0 Å². The Bertz CT molecular complexity index is 689. The van der Waals surface area contributed by atoms with E-state index in [2.05, 4.69) is 10.3 Å². The number of nitrogens with zero attached hydrogens (tertiary/aromatic N) is 2. The number of rotatable bonds is 6. The molecule has 0 radical (unpaired) electrons. The molecule has 0 aliphatic heterocycles. The summed E-state index contributed by atoms with van der Waals surface area (Å²) in [7, 11) is 1.92. The van der Waals surface area contributed by atoms with Crippen LogP contribution in [-0.4, -0.2) is 36.1 Å². The number of aliphatic hydroxyl groups is 1. The number of hydrogen-bond donors (Lipinski definition) is 2. The Hall–Kier alpha value is -1.67. The maximum atomic E-state index is 13.0. The van der Waals surface area contributed by atoms with Gasteiger partial charge in [0.25, 0.3) is 0 Å². The fraction of sp³-hybridized carbons (Fsp3) is 0.350. The van der Waals surface area contributed by atoms with Crippen LogP contribution in [0.15, 0.2) is 53.5 Å². The van der Waals surface area contributed by atoms with Gasteiger partial charge in [0, 0.05) is 20.1 Å². The van der Waals surface area contributed by atoms with Gasteiger partial charge in [0.05, 0.1) is 12.6 Å². The molecule has 142 valence electrons. The van der Waals surface area contributed by atoms with E-state index in [1.807, 2.05) is 50.1 Å². The summed E-state index contributed by atoms with van der Waals surface area (Å²) in [6, 6.07) is 14.2. The average Bonchev–Trinajstić information content (AvgIpc) is 2.60. The molecular weight excluding hydrogens is 444 g/mol. The van der Waals surface area contributed by atoms with Gasteiger partial charge in [0.15, 0.2) is 5.96 Å². The van der Waals surface area contributed by atoms with Crippen LogP contribution >= 0.6 is 24.0 Å². The van der Waals surface area contributed by atoms with Crippen molar-refractivity contribution in [3.05, 3.63) is 71.0 Å². The van der Waals surface area contributed by atoms with E-state index in [0.29, 0.717) is 12.5 Å². The van der Waals surface area contributed by atoms with Crippen molar-refractivity contribution in [1.29, 1.82) is 0 Å². The first-order valence-electron chi connectivity index (χ1n) is 8.48. The summed E-state index contributed by atoms with van der Waals surface area (Å²) in [5.74, 6) is 0.464. The van der Waals surface area contributed by atoms with Gasteiger partial charge in [-0.05, 0) is 37.1 Å². The van der Waals surface area contributed by atoms with Crippen molar-refractivity contribution in [2.45, 2.75) is 26.5 Å². The van der Waals surface area contributed by atoms with E-state index in [9.17, 15) is 9.50 Å². The van der Waals surface area contributed by atoms with Gasteiger partial charge in [-0.1, -0.05) is 42.0 Å². The van der Waals surface area contributed by atoms with Crippen molar-refractivity contribution >= 4 is 29.9 Å². The molecule has 1 unspecified atom stereocenters. The molecule has 0 fully saturated rings. The molecule has 0 amide bonds. The van der Waals surface area contributed by atoms with E-state index in [-0.39, 0.29) is 36.3 Å². The number of benzene rings is 2. The number of aliphatic imine (C=N–C) groups is 1. The zero-order valence-corrected chi connectivity index (χ0v) is 17.8. The molecule has 0 aromatic heterocycles. The third-order valence-electron chi connectivity index (χ3n) is 3.91. The van der Waals surface area contributed by atoms with E-state index < -0.39 is 6.10 Å². The molecule has 0 aliphatic rings. The normalized spacial score (nSPS) is 12.3. The van der Waals surface area contributed by atoms with Crippen LogP contribution in [-0.2, 0) is 6.54 Å². The molecule has 26 heavy (non-hydrogen) atoms. The van der Waals surface area contributed by atoms with Crippen LogP contribution < -0.4 is 5.32 Å². The molecule has 2 rings (SSSR count). The lowest BCUT2D eigenvalue weighted by atomic mass is 10.1. The van der Waals surface area contributed by atoms with Crippen LogP contribution in [0.4, 0.5) is 4.39 Å². The van der Waals surface area contributed by atoms with Crippen molar-refractivity contribution in [2.24, 2.45) is 4.99 Å². The highest BCUT2D eigenvalue weighted by Crippen LogP contribution is 2.14. The van der Waals surface area contributed by atoms with Gasteiger partial charge in [-0.15, -0.1) is 24.0 Å². The summed E-state index contributed by atoms with van der Waals surface area (Å²) in [6.45, 7) is 5.62. The molecule has 0 spiro atoms. The van der Waals surface area contributed by atoms with Crippen LogP contribution in [0.3, 0.4) is 0 Å². The molecule has 0 bridgehead atoms. The molecule has 2 aromatic rings. The Kier molecular flexibility index (Phi) is 9.58. The number of aliphatic hydroxyl groups excluding tert-OH is 1. The van der Waals surface area contributed by atoms with Crippen molar-refractivity contribution in [1.82, 2.24) is 10.2 Å². The molecule has 6 heteroatoms. The maximum Gasteiger partial charge on any atom is 0.194 e. The Morgan fingerprint density at radius 3 is 2.35 bits per heavy atom. The Labute approximate surface area is 172 Å². The van der Waals surface area contributed by atoms with Crippen LogP contribution in [0, 0.1) is 12.7 Å². The van der Waals surface area contributed by atoms with Crippen LogP contribution in [0.2, 0.25) is 0 Å². The minimum Gasteiger partial charge on any atom is -0.386 e. The highest BCUT2D eigenvalue weighted by atomic mass is 127. The molecule has 0 saturated heterocycles. The third-order valence-corrected chi connectivity index (χ3v) is 3.91. The summed E-state index contributed by atoms with van der Waals surface area (Å²) in [6.07, 6.45) is -0.645. The number of hydrogen-bond acceptors (Lipinski definition) is 2. The van der Waals surface area contributed by atoms with Crippen LogP contribution in [0.25, 0.3) is 0 Å². The predicted molar refractivity (Wildman–Crippen MR) is 115 cm³/mol. The Balaban J connectivity index is 0.00000338. The highest BCUT2D eigenvalue weighted by molar-refractivity contribution is 14.0. The maximum absolute atomic E-state index is 13.0. The zero-order chi connectivity index (χ0) is 18.2. The van der Waals surface area contributed by atoms with Gasteiger partial charge < -0.3 is 15.3 Å². The van der Waals surface area contributed by atoms with E-state index in [1.54, 1.807) is 12.1 Å². The second kappa shape index (κ2) is 11.1. The van der Waals surface area contributed by atoms with Crippen molar-refractivity contribution in [3.8, 4) is 0 Å². The molecule has 0 saturated carbocycles. The summed E-state index contributed by atoms with van der Waals surface area (Å²) in [4.78, 5) is 6.49. The zero-order valence-electron chi connectivity index (χ0n) is 15.4. The summed E-state index contributed by atoms with van der Waals surface area (Å²) in [5.41, 5.74) is 3.01. The lowest BCUT2D eigenvalue weighted by molar-refractivity contribution is 0.186. The molecule has 1 atom stereocenters. The molecule has 2 N–H and O–H groups in total. The molecular formula is C20H27FIN3O. The van der Waals surface area contributed by atoms with Crippen LogP contribution in [0.5, 0.6) is 0 Å². The Morgan fingerprint density at radius 2 is 1.77 bits per heavy atom. The standard InChI is InChI=1S/C20H26FN3O.HI/c1-4-22-20(24(3)14-16-7-11-18(21)12-8-16)23-13-19(25)17-9-5-15(2)6-10-17;/h5-12,19,25H,4,13-14H2,1-3H3,(H,22,23);1H. The number of nitrogens with one attached hydrogen (secondary N) is 1. The SMILES string of the molecule is CCNC(=NCC(O)c1ccc(C)cc1)N(C)Cc1ccc(F)cc1.I. The van der Waals surface area contributed by atoms with Crippen LogP contribution in [0.1, 0.15) is 29.7 Å². The van der Waals surface area contributed by atoms with E-state index >= 15 is 0 Å². The fourth-order valence-corrected chi connectivity index (χ4v) is 2.48. The lowest BCUT2D eigenvalue weighted by Gasteiger charge is -2.22. The number of halogens is 2.